The first-order chi connectivity index (χ1) is 7.16. The van der Waals surface area contributed by atoms with E-state index in [1.54, 1.807) is 0 Å². The highest BCUT2D eigenvalue weighted by atomic mass is 16.1. The van der Waals surface area contributed by atoms with Gasteiger partial charge in [0.15, 0.2) is 0 Å². The number of ketones is 1. The summed E-state index contributed by atoms with van der Waals surface area (Å²) in [6, 6.07) is 7.66. The van der Waals surface area contributed by atoms with E-state index in [9.17, 15) is 4.79 Å². The monoisotopic (exact) mass is 202 g/mol. The fraction of sp³-hybridized carbons (Fsp3) is 0.200. The van der Waals surface area contributed by atoms with E-state index >= 15 is 0 Å². The van der Waals surface area contributed by atoms with Crippen LogP contribution in [0, 0.1) is 6.92 Å². The van der Waals surface area contributed by atoms with Crippen LogP contribution in [0.15, 0.2) is 24.3 Å². The second-order valence-electron chi connectivity index (χ2n) is 3.30. The van der Waals surface area contributed by atoms with Crippen LogP contribution in [-0.4, -0.2) is 26.0 Å². The standard InChI is InChI=1S/C10H10N4O/c1-7-4-3-5-9(6-7)14-12-10(8(2)15)11-13-14/h3-6H,1-2H3. The summed E-state index contributed by atoms with van der Waals surface area (Å²) in [5.41, 5.74) is 1.91. The van der Waals surface area contributed by atoms with Crippen molar-refractivity contribution in [2.75, 3.05) is 0 Å². The van der Waals surface area contributed by atoms with Crippen molar-refractivity contribution in [3.63, 3.8) is 0 Å². The molecule has 76 valence electrons. The molecule has 0 saturated carbocycles. The van der Waals surface area contributed by atoms with Gasteiger partial charge in [-0.25, -0.2) is 0 Å². The Kier molecular flexibility index (Phi) is 2.29. The molecule has 2 rings (SSSR count). The van der Waals surface area contributed by atoms with Crippen LogP contribution in [0.2, 0.25) is 0 Å². The minimum absolute atomic E-state index is 0.136. The molecule has 5 heteroatoms. The summed E-state index contributed by atoms with van der Waals surface area (Å²) in [4.78, 5) is 12.3. The van der Waals surface area contributed by atoms with E-state index in [4.69, 9.17) is 0 Å². The third kappa shape index (κ3) is 1.90. The van der Waals surface area contributed by atoms with Gasteiger partial charge in [0.25, 0.3) is 0 Å². The molecule has 0 spiro atoms. The number of aryl methyl sites for hydroxylation is 1. The molecule has 0 unspecified atom stereocenters. The summed E-state index contributed by atoms with van der Waals surface area (Å²) in [6.07, 6.45) is 0. The third-order valence-electron chi connectivity index (χ3n) is 1.96. The lowest BCUT2D eigenvalue weighted by Crippen LogP contribution is -2.00. The molecule has 0 aliphatic heterocycles. The number of Topliss-reactive ketones (excluding diaryl/α,β-unsaturated/α-hetero) is 1. The maximum atomic E-state index is 11.0. The Balaban J connectivity index is 2.41. The Labute approximate surface area is 86.7 Å². The summed E-state index contributed by atoms with van der Waals surface area (Å²) >= 11 is 0. The molecule has 0 aliphatic carbocycles. The van der Waals surface area contributed by atoms with Crippen LogP contribution in [0.1, 0.15) is 23.1 Å². The van der Waals surface area contributed by atoms with Crippen molar-refractivity contribution in [1.82, 2.24) is 20.2 Å². The van der Waals surface area contributed by atoms with Gasteiger partial charge >= 0.3 is 0 Å². The maximum absolute atomic E-state index is 11.0. The first-order valence-electron chi connectivity index (χ1n) is 4.55. The topological polar surface area (TPSA) is 60.7 Å². The molecular formula is C10H10N4O. The molecule has 0 N–H and O–H groups in total. The Morgan fingerprint density at radius 3 is 2.80 bits per heavy atom. The number of carbonyl (C=O) groups excluding carboxylic acids is 1. The van der Waals surface area contributed by atoms with Crippen molar-refractivity contribution in [3.05, 3.63) is 35.7 Å². The van der Waals surface area contributed by atoms with Crippen molar-refractivity contribution in [3.8, 4) is 5.69 Å². The van der Waals surface area contributed by atoms with E-state index in [0.29, 0.717) is 0 Å². The lowest BCUT2D eigenvalue weighted by Gasteiger charge is -1.98. The minimum Gasteiger partial charge on any atom is -0.291 e. The number of rotatable bonds is 2. The van der Waals surface area contributed by atoms with Crippen LogP contribution < -0.4 is 0 Å². The highest BCUT2D eigenvalue weighted by molar-refractivity contribution is 5.89. The lowest BCUT2D eigenvalue weighted by molar-refractivity contribution is 0.100. The first-order valence-corrected chi connectivity index (χ1v) is 4.55. The Bertz CT molecular complexity index is 504. The van der Waals surface area contributed by atoms with E-state index < -0.39 is 0 Å². The lowest BCUT2D eigenvalue weighted by atomic mass is 10.2. The molecule has 15 heavy (non-hydrogen) atoms. The van der Waals surface area contributed by atoms with Crippen molar-refractivity contribution in [1.29, 1.82) is 0 Å². The quantitative estimate of drug-likeness (QED) is 0.686. The van der Waals surface area contributed by atoms with Gasteiger partial charge in [-0.3, -0.25) is 4.79 Å². The molecule has 0 amide bonds. The van der Waals surface area contributed by atoms with Crippen LogP contribution in [0.5, 0.6) is 0 Å². The first kappa shape index (κ1) is 9.51. The largest absolute Gasteiger partial charge is 0.291 e. The predicted octanol–water partition coefficient (Wildman–Crippen LogP) is 1.17. The molecule has 5 nitrogen and oxygen atoms in total. The van der Waals surface area contributed by atoms with E-state index in [-0.39, 0.29) is 11.6 Å². The van der Waals surface area contributed by atoms with Gasteiger partial charge in [0.1, 0.15) is 0 Å². The predicted molar refractivity (Wildman–Crippen MR) is 53.9 cm³/mol. The molecule has 0 radical (unpaired) electrons. The number of hydrogen-bond donors (Lipinski definition) is 0. The summed E-state index contributed by atoms with van der Waals surface area (Å²) in [6.45, 7) is 3.39. The maximum Gasteiger partial charge on any atom is 0.240 e. The van der Waals surface area contributed by atoms with Gasteiger partial charge in [-0.15, -0.1) is 15.0 Å². The second-order valence-corrected chi connectivity index (χ2v) is 3.30. The molecule has 0 fully saturated rings. The molecule has 0 atom stereocenters. The van der Waals surface area contributed by atoms with Crippen LogP contribution in [-0.2, 0) is 0 Å². The molecule has 1 heterocycles. The summed E-state index contributed by atoms with van der Waals surface area (Å²) < 4.78 is 0. The zero-order valence-corrected chi connectivity index (χ0v) is 8.51. The summed E-state index contributed by atoms with van der Waals surface area (Å²) in [7, 11) is 0. The average molecular weight is 202 g/mol. The molecule has 0 saturated heterocycles. The van der Waals surface area contributed by atoms with E-state index in [2.05, 4.69) is 15.4 Å². The normalized spacial score (nSPS) is 10.3. The van der Waals surface area contributed by atoms with Crippen LogP contribution in [0.25, 0.3) is 5.69 Å². The highest BCUT2D eigenvalue weighted by Crippen LogP contribution is 2.06. The zero-order valence-electron chi connectivity index (χ0n) is 8.51. The van der Waals surface area contributed by atoms with Crippen LogP contribution in [0.3, 0.4) is 0 Å². The van der Waals surface area contributed by atoms with Gasteiger partial charge in [0.2, 0.25) is 11.6 Å². The number of aromatic nitrogens is 4. The second kappa shape index (κ2) is 3.61. The molecule has 0 aliphatic rings. The van der Waals surface area contributed by atoms with Crippen molar-refractivity contribution in [2.24, 2.45) is 0 Å². The van der Waals surface area contributed by atoms with Gasteiger partial charge in [0.05, 0.1) is 5.69 Å². The van der Waals surface area contributed by atoms with Gasteiger partial charge in [-0.2, -0.15) is 0 Å². The Hall–Kier alpha value is -2.04. The van der Waals surface area contributed by atoms with Gasteiger partial charge in [-0.05, 0) is 29.8 Å². The van der Waals surface area contributed by atoms with Crippen LogP contribution >= 0.6 is 0 Å². The Morgan fingerprint density at radius 2 is 2.20 bits per heavy atom. The number of carbonyl (C=O) groups is 1. The van der Waals surface area contributed by atoms with E-state index in [1.807, 2.05) is 31.2 Å². The third-order valence-corrected chi connectivity index (χ3v) is 1.96. The van der Waals surface area contributed by atoms with Crippen molar-refractivity contribution < 1.29 is 4.79 Å². The molecular weight excluding hydrogens is 192 g/mol. The van der Waals surface area contributed by atoms with Gasteiger partial charge in [-0.1, -0.05) is 12.1 Å². The fourth-order valence-electron chi connectivity index (χ4n) is 1.22. The van der Waals surface area contributed by atoms with E-state index in [1.165, 1.54) is 11.7 Å². The average Bonchev–Trinajstić information content (AvgIpc) is 2.66. The smallest absolute Gasteiger partial charge is 0.240 e. The molecule has 0 bridgehead atoms. The number of hydrogen-bond acceptors (Lipinski definition) is 4. The fourth-order valence-corrected chi connectivity index (χ4v) is 1.22. The van der Waals surface area contributed by atoms with E-state index in [0.717, 1.165) is 11.3 Å². The van der Waals surface area contributed by atoms with Gasteiger partial charge < -0.3 is 0 Å². The van der Waals surface area contributed by atoms with Crippen molar-refractivity contribution in [2.45, 2.75) is 13.8 Å². The number of nitrogens with zero attached hydrogens (tertiary/aromatic N) is 4. The Morgan fingerprint density at radius 1 is 1.40 bits per heavy atom. The molecule has 1 aromatic heterocycles. The van der Waals surface area contributed by atoms with Gasteiger partial charge in [0, 0.05) is 6.92 Å². The number of benzene rings is 1. The summed E-state index contributed by atoms with van der Waals surface area (Å²) in [5.74, 6) is -0.0505. The SMILES string of the molecule is CC(=O)c1nnn(-c2cccc(C)c2)n1. The summed E-state index contributed by atoms with van der Waals surface area (Å²) in [5, 5.41) is 11.4. The van der Waals surface area contributed by atoms with Crippen molar-refractivity contribution >= 4 is 5.78 Å². The minimum atomic E-state index is -0.186. The molecule has 1 aromatic carbocycles. The van der Waals surface area contributed by atoms with Crippen LogP contribution in [0.4, 0.5) is 0 Å². The molecule has 2 aromatic rings. The zero-order chi connectivity index (χ0) is 10.8. The highest BCUT2D eigenvalue weighted by Gasteiger charge is 2.08. The number of tetrazole rings is 1.